The van der Waals surface area contributed by atoms with Crippen LogP contribution in [0.5, 0.6) is 0 Å². The first-order valence-electron chi connectivity index (χ1n) is 16.9. The molecule has 5 rings (SSSR count). The molecule has 1 fully saturated rings. The summed E-state index contributed by atoms with van der Waals surface area (Å²) in [5, 5.41) is 9.25. The zero-order valence-electron chi connectivity index (χ0n) is 30.0. The van der Waals surface area contributed by atoms with Gasteiger partial charge < -0.3 is 34.1 Å². The average Bonchev–Trinajstić information content (AvgIpc) is 3.03. The maximum atomic E-state index is 13.7. The third-order valence-electron chi connectivity index (χ3n) is 8.51. The topological polar surface area (TPSA) is 121 Å². The molecule has 5 atom stereocenters. The second-order valence-corrected chi connectivity index (χ2v) is 16.0. The van der Waals surface area contributed by atoms with Crippen LogP contribution in [0.2, 0.25) is 0 Å². The Hall–Kier alpha value is -4.09. The summed E-state index contributed by atoms with van der Waals surface area (Å²) in [5.41, 5.74) is 0.105. The predicted molar refractivity (Wildman–Crippen MR) is 190 cm³/mol. The molecule has 0 spiro atoms. The normalized spacial score (nSPS) is 22.5. The second-order valence-electron chi connectivity index (χ2n) is 16.0. The third-order valence-corrected chi connectivity index (χ3v) is 8.51. The molecule has 1 saturated heterocycles. The van der Waals surface area contributed by atoms with Gasteiger partial charge in [0.05, 0.1) is 22.9 Å². The van der Waals surface area contributed by atoms with Crippen LogP contribution in [0.3, 0.4) is 0 Å². The molecule has 3 aromatic carbocycles. The van der Waals surface area contributed by atoms with Crippen LogP contribution in [-0.2, 0) is 44.7 Å². The molecule has 3 aromatic rings. The van der Waals surface area contributed by atoms with Gasteiger partial charge in [-0.25, -0.2) is 0 Å². The van der Waals surface area contributed by atoms with Crippen LogP contribution in [0.4, 0.5) is 11.4 Å². The van der Waals surface area contributed by atoms with Crippen molar-refractivity contribution < 1.29 is 38.1 Å². The van der Waals surface area contributed by atoms with E-state index in [1.54, 1.807) is 62.3 Å². The van der Waals surface area contributed by atoms with Crippen molar-refractivity contribution in [2.24, 2.45) is 16.2 Å². The number of anilines is 2. The van der Waals surface area contributed by atoms with E-state index in [2.05, 4.69) is 10.5 Å². The van der Waals surface area contributed by atoms with Crippen molar-refractivity contribution in [3.63, 3.8) is 0 Å². The summed E-state index contributed by atoms with van der Waals surface area (Å²) < 4.78 is 31.8. The molecule has 2 aliphatic heterocycles. The highest BCUT2D eigenvalue weighted by Crippen LogP contribution is 2.39. The van der Waals surface area contributed by atoms with E-state index in [1.807, 2.05) is 66.7 Å². The number of benzene rings is 3. The lowest BCUT2D eigenvalue weighted by Crippen LogP contribution is -2.68. The van der Waals surface area contributed by atoms with Gasteiger partial charge in [0.25, 0.3) is 0 Å². The summed E-state index contributed by atoms with van der Waals surface area (Å²) in [5.74, 6) is -1.48. The molecule has 2 unspecified atom stereocenters. The Bertz CT molecular complexity index is 1620. The van der Waals surface area contributed by atoms with Crippen LogP contribution in [0.25, 0.3) is 10.8 Å². The van der Waals surface area contributed by atoms with Gasteiger partial charge >= 0.3 is 24.9 Å². The third kappa shape index (κ3) is 8.39. The monoisotopic (exact) mass is 672 g/mol. The maximum Gasteiger partial charge on any atom is 0.403 e. The van der Waals surface area contributed by atoms with Crippen molar-refractivity contribution in [3.8, 4) is 0 Å². The van der Waals surface area contributed by atoms with Gasteiger partial charge in [-0.3, -0.25) is 14.4 Å². The first kappa shape index (κ1) is 36.2. The van der Waals surface area contributed by atoms with Crippen LogP contribution in [0.1, 0.15) is 67.9 Å². The summed E-state index contributed by atoms with van der Waals surface area (Å²) in [7, 11) is 0. The Morgan fingerprint density at radius 3 is 1.73 bits per heavy atom. The van der Waals surface area contributed by atoms with Crippen molar-refractivity contribution in [1.82, 2.24) is 0 Å². The Morgan fingerprint density at radius 2 is 1.20 bits per heavy atom. The fourth-order valence-corrected chi connectivity index (χ4v) is 5.67. The molecule has 11 heteroatoms. The molecule has 262 valence electrons. The number of hydrogen-bond donors (Lipinski definition) is 2. The zero-order valence-corrected chi connectivity index (χ0v) is 30.0. The highest BCUT2D eigenvalue weighted by atomic mass is 16.6. The quantitative estimate of drug-likeness (QED) is 0.155. The van der Waals surface area contributed by atoms with Crippen LogP contribution in [-0.4, -0.2) is 61.9 Å². The van der Waals surface area contributed by atoms with Gasteiger partial charge in [0.1, 0.15) is 24.8 Å². The Morgan fingerprint density at radius 1 is 0.673 bits per heavy atom. The number of rotatable bonds is 8. The van der Waals surface area contributed by atoms with Crippen LogP contribution >= 0.6 is 0 Å². The number of ether oxygens (including phenoxy) is 5. The van der Waals surface area contributed by atoms with Gasteiger partial charge in [-0.15, -0.1) is 0 Å². The molecule has 10 nitrogen and oxygen atoms in total. The molecule has 0 radical (unpaired) electrons. The number of carbonyl (C=O) groups excluding carboxylic acids is 3. The zero-order chi connectivity index (χ0) is 35.7. The Kier molecular flexibility index (Phi) is 10.4. The Balaban J connectivity index is 1.60. The smallest absolute Gasteiger partial charge is 0.403 e. The lowest BCUT2D eigenvalue weighted by Gasteiger charge is -2.48. The van der Waals surface area contributed by atoms with Gasteiger partial charge in [-0.2, -0.15) is 0 Å². The number of nitrogens with one attached hydrogen (secondary N) is 2. The standard InChI is InChI=1S/C38H49BN2O8/c1-36(2,3)33(42)46-22-27-29(48-34(43)37(4,5)6)30(49-35(44)38(7,8)9)31(45-21-23-15-11-10-12-16-23)32(47-27)39-40-25-19-13-17-24-18-14-20-26(41-39)28(24)25/h10-20,27,29-32,40-41H,21-22H2,1-9H3/t27?,29-,30+,31?,32-/m1/s1. The van der Waals surface area contributed by atoms with Gasteiger partial charge in [-0.1, -0.05) is 54.6 Å². The molecule has 0 bridgehead atoms. The molecule has 0 amide bonds. The first-order chi connectivity index (χ1) is 22.9. The number of esters is 3. The van der Waals surface area contributed by atoms with Crippen molar-refractivity contribution in [1.29, 1.82) is 0 Å². The summed E-state index contributed by atoms with van der Waals surface area (Å²) in [6.07, 6.45) is -4.24. The van der Waals surface area contributed by atoms with E-state index in [4.69, 9.17) is 23.7 Å². The molecular weight excluding hydrogens is 623 g/mol. The predicted octanol–water partition coefficient (Wildman–Crippen LogP) is 6.56. The second kappa shape index (κ2) is 14.0. The molecule has 2 N–H and O–H groups in total. The van der Waals surface area contributed by atoms with Crippen molar-refractivity contribution >= 4 is 47.0 Å². The van der Waals surface area contributed by atoms with E-state index < -0.39 is 71.6 Å². The highest BCUT2D eigenvalue weighted by Gasteiger charge is 2.56. The average molecular weight is 673 g/mol. The van der Waals surface area contributed by atoms with Gasteiger partial charge in [0, 0.05) is 16.8 Å². The number of carbonyl (C=O) groups is 3. The van der Waals surface area contributed by atoms with Crippen LogP contribution in [0.15, 0.2) is 66.7 Å². The SMILES string of the molecule is CC(C)(C)C(=O)OCC1O[C@@H](B2Nc3cccc4cccc(c34)N2)C(OCc2ccccc2)[C@@H](OC(=O)C(C)(C)C)[C@@H]1OC(=O)C(C)(C)C. The Labute approximate surface area is 289 Å². The largest absolute Gasteiger partial charge is 0.462 e. The fraction of sp³-hybridized carbons (Fsp3) is 0.500. The van der Waals surface area contributed by atoms with E-state index in [0.717, 1.165) is 27.7 Å². The van der Waals surface area contributed by atoms with Gasteiger partial charge in [0.15, 0.2) is 12.2 Å². The van der Waals surface area contributed by atoms with E-state index in [9.17, 15) is 14.4 Å². The fourth-order valence-electron chi connectivity index (χ4n) is 5.67. The molecular formula is C38H49BN2O8. The summed E-state index contributed by atoms with van der Waals surface area (Å²) in [4.78, 5) is 40.2. The van der Waals surface area contributed by atoms with Gasteiger partial charge in [-0.05, 0) is 85.4 Å². The molecule has 0 aliphatic carbocycles. The lowest BCUT2D eigenvalue weighted by molar-refractivity contribution is -0.250. The van der Waals surface area contributed by atoms with E-state index in [0.29, 0.717) is 0 Å². The lowest BCUT2D eigenvalue weighted by atomic mass is 9.62. The van der Waals surface area contributed by atoms with Crippen molar-refractivity contribution in [2.45, 2.75) is 99.3 Å². The maximum absolute atomic E-state index is 13.7. The molecule has 2 aliphatic rings. The minimum Gasteiger partial charge on any atom is -0.462 e. The first-order valence-corrected chi connectivity index (χ1v) is 16.9. The van der Waals surface area contributed by atoms with Crippen LogP contribution < -0.4 is 10.5 Å². The summed E-state index contributed by atoms with van der Waals surface area (Å²) in [6, 6.07) is 20.8. The minimum absolute atomic E-state index is 0.164. The molecule has 0 saturated carbocycles. The molecule has 49 heavy (non-hydrogen) atoms. The minimum atomic E-state index is -1.16. The van der Waals surface area contributed by atoms with Crippen molar-refractivity contribution in [3.05, 3.63) is 72.3 Å². The van der Waals surface area contributed by atoms with E-state index in [-0.39, 0.29) is 13.2 Å². The number of hydrogen-bond acceptors (Lipinski definition) is 10. The van der Waals surface area contributed by atoms with Crippen LogP contribution in [0, 0.1) is 16.2 Å². The van der Waals surface area contributed by atoms with E-state index in [1.165, 1.54) is 0 Å². The van der Waals surface area contributed by atoms with Crippen molar-refractivity contribution in [2.75, 3.05) is 17.1 Å². The molecule has 2 heterocycles. The highest BCUT2D eigenvalue weighted by molar-refractivity contribution is 6.69. The summed E-state index contributed by atoms with van der Waals surface area (Å²) in [6.45, 7) is 15.1. The molecule has 0 aromatic heterocycles. The van der Waals surface area contributed by atoms with E-state index >= 15 is 0 Å². The summed E-state index contributed by atoms with van der Waals surface area (Å²) >= 11 is 0. The van der Waals surface area contributed by atoms with Gasteiger partial charge in [0.2, 0.25) is 0 Å².